The fraction of sp³-hybridized carbons (Fsp3) is 0.360. The summed E-state index contributed by atoms with van der Waals surface area (Å²) >= 11 is 6.33. The standard InChI is InChI=1S/C25H25ClF3N3O4/c1-24(2,25(27,28)29)20(33)11-5-15-4-10-19(26)18(14-15)22-30-21(31-23(34)32-22)16-6-8-17(9-7-16)36-13-12-35-3/h4,6-10,14H,5,11-13H2,1-3H3,(H,30,31,32,34). The highest BCUT2D eigenvalue weighted by molar-refractivity contribution is 6.33. The van der Waals surface area contributed by atoms with Crippen LogP contribution in [0.25, 0.3) is 22.8 Å². The van der Waals surface area contributed by atoms with Gasteiger partial charge in [-0.2, -0.15) is 18.2 Å². The SMILES string of the molecule is COCCOc1ccc(-c2nc(-c3cc(CCC(=O)C(C)(C)C(F)(F)F)ccc3Cl)[nH]c(=O)n2)cc1. The van der Waals surface area contributed by atoms with Gasteiger partial charge in [0.15, 0.2) is 5.82 Å². The summed E-state index contributed by atoms with van der Waals surface area (Å²) in [5.74, 6) is -0.0151. The largest absolute Gasteiger partial charge is 0.491 e. The maximum absolute atomic E-state index is 13.2. The molecule has 0 atom stereocenters. The zero-order valence-electron chi connectivity index (χ0n) is 19.9. The molecule has 192 valence electrons. The molecule has 7 nitrogen and oxygen atoms in total. The molecule has 0 bridgehead atoms. The van der Waals surface area contributed by atoms with E-state index in [0.29, 0.717) is 35.7 Å². The number of aromatic amines is 1. The first-order valence-electron chi connectivity index (χ1n) is 11.0. The van der Waals surface area contributed by atoms with Crippen molar-refractivity contribution in [2.24, 2.45) is 5.41 Å². The highest BCUT2D eigenvalue weighted by Crippen LogP contribution is 2.39. The van der Waals surface area contributed by atoms with Gasteiger partial charge in [-0.1, -0.05) is 17.7 Å². The highest BCUT2D eigenvalue weighted by atomic mass is 35.5. The molecule has 36 heavy (non-hydrogen) atoms. The monoisotopic (exact) mass is 523 g/mol. The molecule has 0 fully saturated rings. The van der Waals surface area contributed by atoms with Crippen molar-refractivity contribution in [3.63, 3.8) is 0 Å². The van der Waals surface area contributed by atoms with Crippen LogP contribution in [0.1, 0.15) is 25.8 Å². The third-order valence-electron chi connectivity index (χ3n) is 5.65. The Hall–Kier alpha value is -3.24. The average Bonchev–Trinajstić information content (AvgIpc) is 2.82. The molecule has 1 aromatic heterocycles. The van der Waals surface area contributed by atoms with Gasteiger partial charge in [0.25, 0.3) is 0 Å². The number of ketones is 1. The molecule has 0 amide bonds. The number of methoxy groups -OCH3 is 1. The van der Waals surface area contributed by atoms with Crippen molar-refractivity contribution in [1.82, 2.24) is 15.0 Å². The zero-order valence-corrected chi connectivity index (χ0v) is 20.7. The van der Waals surface area contributed by atoms with Crippen LogP contribution in [0.5, 0.6) is 5.75 Å². The predicted molar refractivity (Wildman–Crippen MR) is 129 cm³/mol. The van der Waals surface area contributed by atoms with Crippen molar-refractivity contribution in [3.8, 4) is 28.5 Å². The first-order chi connectivity index (χ1) is 16.9. The Balaban J connectivity index is 1.84. The number of benzene rings is 2. The minimum Gasteiger partial charge on any atom is -0.491 e. The van der Waals surface area contributed by atoms with E-state index in [4.69, 9.17) is 21.1 Å². The second kappa shape index (κ2) is 11.2. The fourth-order valence-corrected chi connectivity index (χ4v) is 3.43. The van der Waals surface area contributed by atoms with Crippen molar-refractivity contribution < 1.29 is 27.4 Å². The van der Waals surface area contributed by atoms with E-state index in [2.05, 4.69) is 15.0 Å². The van der Waals surface area contributed by atoms with Crippen LogP contribution in [-0.2, 0) is 16.0 Å². The fourth-order valence-electron chi connectivity index (χ4n) is 3.22. The number of hydrogen-bond acceptors (Lipinski definition) is 6. The topological polar surface area (TPSA) is 94.2 Å². The van der Waals surface area contributed by atoms with E-state index in [-0.39, 0.29) is 29.5 Å². The van der Waals surface area contributed by atoms with Gasteiger partial charge < -0.3 is 9.47 Å². The lowest BCUT2D eigenvalue weighted by molar-refractivity contribution is -0.210. The van der Waals surface area contributed by atoms with Crippen LogP contribution in [0.4, 0.5) is 13.2 Å². The first kappa shape index (κ1) is 27.3. The van der Waals surface area contributed by atoms with Gasteiger partial charge in [-0.15, -0.1) is 0 Å². The third-order valence-corrected chi connectivity index (χ3v) is 5.98. The molecule has 3 aromatic rings. The number of ether oxygens (including phenoxy) is 2. The number of rotatable bonds is 10. The Kier molecular flexibility index (Phi) is 8.52. The van der Waals surface area contributed by atoms with Gasteiger partial charge in [0.1, 0.15) is 29.4 Å². The van der Waals surface area contributed by atoms with Crippen LogP contribution < -0.4 is 10.4 Å². The summed E-state index contributed by atoms with van der Waals surface area (Å²) in [5.41, 5.74) is -1.61. The van der Waals surface area contributed by atoms with Crippen LogP contribution >= 0.6 is 11.6 Å². The molecule has 0 aliphatic rings. The lowest BCUT2D eigenvalue weighted by Gasteiger charge is -2.26. The van der Waals surface area contributed by atoms with E-state index in [0.717, 1.165) is 13.8 Å². The van der Waals surface area contributed by atoms with Gasteiger partial charge >= 0.3 is 11.9 Å². The number of hydrogen-bond donors (Lipinski definition) is 1. The molecule has 3 rings (SSSR count). The number of halogens is 4. The van der Waals surface area contributed by atoms with E-state index in [1.807, 2.05) is 0 Å². The number of H-pyrrole nitrogens is 1. The molecule has 1 N–H and O–H groups in total. The summed E-state index contributed by atoms with van der Waals surface area (Å²) in [6, 6.07) is 11.6. The molecule has 0 aliphatic heterocycles. The Labute approximate surface area is 210 Å². The van der Waals surface area contributed by atoms with Crippen LogP contribution in [0.15, 0.2) is 47.3 Å². The molecule has 0 unspecified atom stereocenters. The first-order valence-corrected chi connectivity index (χ1v) is 11.4. The number of carbonyl (C=O) groups excluding carboxylic acids is 1. The van der Waals surface area contributed by atoms with Gasteiger partial charge in [0, 0.05) is 24.7 Å². The lowest BCUT2D eigenvalue weighted by Crippen LogP contribution is -2.39. The minimum absolute atomic E-state index is 0.0647. The summed E-state index contributed by atoms with van der Waals surface area (Å²) < 4.78 is 49.9. The van der Waals surface area contributed by atoms with Crippen molar-refractivity contribution in [2.45, 2.75) is 32.9 Å². The van der Waals surface area contributed by atoms with Crippen LogP contribution in [0.2, 0.25) is 5.02 Å². The number of Topliss-reactive ketones (excluding diaryl/α,β-unsaturated/α-hetero) is 1. The van der Waals surface area contributed by atoms with E-state index >= 15 is 0 Å². The second-order valence-electron chi connectivity index (χ2n) is 8.55. The molecule has 11 heteroatoms. The summed E-state index contributed by atoms with van der Waals surface area (Å²) in [4.78, 5) is 35.4. The molecule has 2 aromatic carbocycles. The third kappa shape index (κ3) is 6.50. The molecule has 0 aliphatic carbocycles. The Morgan fingerprint density at radius 2 is 1.75 bits per heavy atom. The van der Waals surface area contributed by atoms with Crippen LogP contribution in [0.3, 0.4) is 0 Å². The Morgan fingerprint density at radius 3 is 2.39 bits per heavy atom. The number of nitrogens with zero attached hydrogens (tertiary/aromatic N) is 2. The smallest absolute Gasteiger partial charge is 0.400 e. The van der Waals surface area contributed by atoms with Crippen LogP contribution in [-0.4, -0.2) is 47.2 Å². The predicted octanol–water partition coefficient (Wildman–Crippen LogP) is 5.27. The molecule has 0 radical (unpaired) electrons. The number of aryl methyl sites for hydroxylation is 1. The van der Waals surface area contributed by atoms with Gasteiger partial charge in [-0.3, -0.25) is 9.78 Å². The summed E-state index contributed by atoms with van der Waals surface area (Å²) in [5, 5.41) is 0.267. The maximum Gasteiger partial charge on any atom is 0.400 e. The second-order valence-corrected chi connectivity index (χ2v) is 8.96. The average molecular weight is 524 g/mol. The van der Waals surface area contributed by atoms with Crippen molar-refractivity contribution in [3.05, 3.63) is 63.5 Å². The summed E-state index contributed by atoms with van der Waals surface area (Å²) in [6.07, 6.45) is -4.88. The molecule has 0 saturated heterocycles. The van der Waals surface area contributed by atoms with Gasteiger partial charge in [0.2, 0.25) is 0 Å². The number of alkyl halides is 3. The van der Waals surface area contributed by atoms with E-state index < -0.39 is 23.1 Å². The van der Waals surface area contributed by atoms with Gasteiger partial charge in [-0.05, 0) is 62.2 Å². The Morgan fingerprint density at radius 1 is 1.06 bits per heavy atom. The minimum atomic E-state index is -4.64. The zero-order chi connectivity index (χ0) is 26.5. The van der Waals surface area contributed by atoms with E-state index in [1.54, 1.807) is 43.5 Å². The normalized spacial score (nSPS) is 12.0. The van der Waals surface area contributed by atoms with Crippen molar-refractivity contribution >= 4 is 17.4 Å². The summed E-state index contributed by atoms with van der Waals surface area (Å²) in [7, 11) is 1.57. The van der Waals surface area contributed by atoms with Gasteiger partial charge in [0.05, 0.1) is 11.6 Å². The van der Waals surface area contributed by atoms with Crippen molar-refractivity contribution in [1.29, 1.82) is 0 Å². The molecule has 0 saturated carbocycles. The number of carbonyl (C=O) groups is 1. The molecular weight excluding hydrogens is 499 g/mol. The molecule has 0 spiro atoms. The van der Waals surface area contributed by atoms with Crippen LogP contribution in [0, 0.1) is 5.41 Å². The molecule has 1 heterocycles. The Bertz CT molecular complexity index is 1270. The quantitative estimate of drug-likeness (QED) is 0.364. The highest BCUT2D eigenvalue weighted by Gasteiger charge is 2.51. The van der Waals surface area contributed by atoms with Gasteiger partial charge in [-0.25, -0.2) is 9.78 Å². The van der Waals surface area contributed by atoms with E-state index in [9.17, 15) is 22.8 Å². The number of nitrogens with one attached hydrogen (secondary N) is 1. The number of aromatic nitrogens is 3. The summed E-state index contributed by atoms with van der Waals surface area (Å²) in [6.45, 7) is 2.56. The molecular formula is C25H25ClF3N3O4. The maximum atomic E-state index is 13.2. The lowest BCUT2D eigenvalue weighted by atomic mass is 9.84. The van der Waals surface area contributed by atoms with E-state index in [1.165, 1.54) is 6.07 Å². The van der Waals surface area contributed by atoms with Crippen molar-refractivity contribution in [2.75, 3.05) is 20.3 Å².